The number of carbonyl (C=O) groups is 1. The lowest BCUT2D eigenvalue weighted by Gasteiger charge is -2.38. The minimum Gasteiger partial charge on any atom is -0.387 e. The molecule has 1 fully saturated rings. The van der Waals surface area contributed by atoms with Crippen LogP contribution < -0.4 is 10.6 Å². The molecule has 1 amide bonds. The molecule has 4 heterocycles. The van der Waals surface area contributed by atoms with Crippen LogP contribution in [0.5, 0.6) is 0 Å². The van der Waals surface area contributed by atoms with Crippen LogP contribution in [0.15, 0.2) is 36.7 Å². The Hall–Kier alpha value is -3.60. The Morgan fingerprint density at radius 2 is 2.06 bits per heavy atom. The number of hydrogen-bond acceptors (Lipinski definition) is 8. The summed E-state index contributed by atoms with van der Waals surface area (Å²) in [6, 6.07) is 8.68. The molecule has 36 heavy (non-hydrogen) atoms. The van der Waals surface area contributed by atoms with Gasteiger partial charge in [-0.3, -0.25) is 9.78 Å². The third-order valence-electron chi connectivity index (χ3n) is 5.93. The number of anilines is 1. The van der Waals surface area contributed by atoms with E-state index in [0.717, 1.165) is 6.26 Å². The van der Waals surface area contributed by atoms with Gasteiger partial charge in [-0.25, -0.2) is 17.3 Å². The van der Waals surface area contributed by atoms with E-state index in [-0.39, 0.29) is 24.7 Å². The van der Waals surface area contributed by atoms with E-state index < -0.39 is 34.2 Å². The van der Waals surface area contributed by atoms with Gasteiger partial charge in [-0.15, -0.1) is 0 Å². The van der Waals surface area contributed by atoms with Crippen molar-refractivity contribution in [1.82, 2.24) is 24.2 Å². The van der Waals surface area contributed by atoms with E-state index in [2.05, 4.69) is 20.7 Å². The highest BCUT2D eigenvalue weighted by Gasteiger charge is 2.34. The molecule has 0 aliphatic carbocycles. The molecule has 1 atom stereocenters. The number of alkyl halides is 1. The summed E-state index contributed by atoms with van der Waals surface area (Å²) in [5.41, 5.74) is 1.09. The molecule has 0 unspecified atom stereocenters. The normalized spacial score (nSPS) is 15.8. The van der Waals surface area contributed by atoms with Crippen molar-refractivity contribution in [2.75, 3.05) is 31.2 Å². The Morgan fingerprint density at radius 1 is 1.33 bits per heavy atom. The third kappa shape index (κ3) is 5.30. The van der Waals surface area contributed by atoms with Gasteiger partial charge in [0.2, 0.25) is 10.0 Å². The summed E-state index contributed by atoms with van der Waals surface area (Å²) < 4.78 is 40.6. The summed E-state index contributed by atoms with van der Waals surface area (Å²) in [7, 11) is -3.32. The lowest BCUT2D eigenvalue weighted by molar-refractivity contribution is -0.00177. The highest BCUT2D eigenvalue weighted by Crippen LogP contribution is 2.27. The van der Waals surface area contributed by atoms with Gasteiger partial charge < -0.3 is 15.7 Å². The second kappa shape index (κ2) is 9.45. The number of carbonyl (C=O) groups excluding carboxylic acids is 1. The van der Waals surface area contributed by atoms with Crippen molar-refractivity contribution in [3.63, 3.8) is 0 Å². The number of hydrogen-bond donors (Lipinski definition) is 3. The molecule has 190 valence electrons. The zero-order chi connectivity index (χ0) is 26.3. The number of nitrogens with one attached hydrogen (secondary N) is 2. The van der Waals surface area contributed by atoms with Gasteiger partial charge in [-0.05, 0) is 38.1 Å². The fourth-order valence-electron chi connectivity index (χ4n) is 3.70. The molecule has 1 aliphatic rings. The van der Waals surface area contributed by atoms with E-state index in [1.807, 2.05) is 6.07 Å². The molecule has 0 bridgehead atoms. The molecule has 4 rings (SSSR count). The number of nitrogens with zero attached hydrogens (tertiary/aromatic N) is 5. The molecule has 3 aromatic rings. The number of nitriles is 1. The van der Waals surface area contributed by atoms with Gasteiger partial charge in [-0.2, -0.15) is 14.7 Å². The average Bonchev–Trinajstić information content (AvgIpc) is 3.20. The van der Waals surface area contributed by atoms with Crippen LogP contribution in [0.2, 0.25) is 0 Å². The Labute approximate surface area is 207 Å². The van der Waals surface area contributed by atoms with Crippen LogP contribution in [0.25, 0.3) is 16.9 Å². The van der Waals surface area contributed by atoms with Crippen LogP contribution in [0.4, 0.5) is 10.1 Å². The van der Waals surface area contributed by atoms with Gasteiger partial charge in [0.15, 0.2) is 0 Å². The van der Waals surface area contributed by atoms with E-state index in [4.69, 9.17) is 5.26 Å². The molecule has 3 aromatic heterocycles. The van der Waals surface area contributed by atoms with Crippen LogP contribution in [0.3, 0.4) is 0 Å². The lowest BCUT2D eigenvalue weighted by Crippen LogP contribution is -2.56. The van der Waals surface area contributed by atoms with Gasteiger partial charge in [-0.1, -0.05) is 0 Å². The van der Waals surface area contributed by atoms with Crippen molar-refractivity contribution in [3.05, 3.63) is 47.8 Å². The third-order valence-corrected chi connectivity index (χ3v) is 7.16. The first-order chi connectivity index (χ1) is 16.9. The molecule has 11 nitrogen and oxygen atoms in total. The van der Waals surface area contributed by atoms with Crippen LogP contribution >= 0.6 is 0 Å². The van der Waals surface area contributed by atoms with Crippen LogP contribution in [0.1, 0.15) is 29.8 Å². The Bertz CT molecular complexity index is 1450. The first-order valence-corrected chi connectivity index (χ1v) is 13.0. The monoisotopic (exact) mass is 515 g/mol. The van der Waals surface area contributed by atoms with Gasteiger partial charge >= 0.3 is 0 Å². The largest absolute Gasteiger partial charge is 0.387 e. The molecule has 13 heteroatoms. The smallest absolute Gasteiger partial charge is 0.255 e. The standard InChI is InChI=1S/C23H26FN7O4S/c1-23(2,33)21(24)11-27-22(32)17-10-26-19(7-18(17)29-15-12-30(13-15)36(3,34)35)20-5-4-16-6-14(8-25)9-28-31(16)20/h4-7,9-10,15,21,33H,11-13H2,1-3H3,(H,26,29)(H,27,32)/t21-/m1/s1. The molecular formula is C23H26FN7O4S. The maximum absolute atomic E-state index is 14.2. The van der Waals surface area contributed by atoms with Crippen molar-refractivity contribution in [2.24, 2.45) is 0 Å². The fourth-order valence-corrected chi connectivity index (χ4v) is 4.60. The van der Waals surface area contributed by atoms with Crippen LogP contribution in [-0.4, -0.2) is 82.0 Å². The average molecular weight is 516 g/mol. The highest BCUT2D eigenvalue weighted by atomic mass is 32.2. The van der Waals surface area contributed by atoms with Crippen molar-refractivity contribution in [2.45, 2.75) is 31.7 Å². The van der Waals surface area contributed by atoms with E-state index in [0.29, 0.717) is 28.2 Å². The molecule has 3 N–H and O–H groups in total. The van der Waals surface area contributed by atoms with Crippen molar-refractivity contribution in [1.29, 1.82) is 5.26 Å². The molecule has 1 saturated heterocycles. The number of aliphatic hydroxyl groups is 1. The first kappa shape index (κ1) is 25.5. The minimum absolute atomic E-state index is 0.139. The molecule has 0 saturated carbocycles. The summed E-state index contributed by atoms with van der Waals surface area (Å²) in [5, 5.41) is 28.9. The second-order valence-corrected chi connectivity index (χ2v) is 11.3. The zero-order valence-corrected chi connectivity index (χ0v) is 20.8. The van der Waals surface area contributed by atoms with Gasteiger partial charge in [0.1, 0.15) is 12.2 Å². The Kier molecular flexibility index (Phi) is 6.70. The number of rotatable bonds is 8. The summed E-state index contributed by atoms with van der Waals surface area (Å²) in [4.78, 5) is 17.3. The van der Waals surface area contributed by atoms with E-state index in [1.54, 1.807) is 28.8 Å². The number of fused-ring (bicyclic) bond motifs is 1. The maximum Gasteiger partial charge on any atom is 0.255 e. The molecule has 0 aromatic carbocycles. The SMILES string of the molecule is CC(C)(O)[C@H](F)CNC(=O)c1cnc(-c2ccc3cc(C#N)cnn23)cc1NC1CN(S(C)(=O)=O)C1. The number of halogens is 1. The molecule has 1 aliphatic heterocycles. The predicted molar refractivity (Wildman–Crippen MR) is 130 cm³/mol. The quantitative estimate of drug-likeness (QED) is 0.404. The summed E-state index contributed by atoms with van der Waals surface area (Å²) in [6.45, 7) is 2.69. The second-order valence-electron chi connectivity index (χ2n) is 9.28. The number of aromatic nitrogens is 3. The molecule has 0 radical (unpaired) electrons. The van der Waals surface area contributed by atoms with Crippen LogP contribution in [-0.2, 0) is 10.0 Å². The predicted octanol–water partition coefficient (Wildman–Crippen LogP) is 1.16. The topological polar surface area (TPSA) is 153 Å². The summed E-state index contributed by atoms with van der Waals surface area (Å²) >= 11 is 0. The maximum atomic E-state index is 14.2. The van der Waals surface area contributed by atoms with Gasteiger partial charge in [0, 0.05) is 19.3 Å². The van der Waals surface area contributed by atoms with Crippen molar-refractivity contribution >= 4 is 27.1 Å². The summed E-state index contributed by atoms with van der Waals surface area (Å²) in [5.74, 6) is -0.598. The lowest BCUT2D eigenvalue weighted by atomic mass is 10.0. The number of sulfonamides is 1. The first-order valence-electron chi connectivity index (χ1n) is 11.1. The summed E-state index contributed by atoms with van der Waals surface area (Å²) in [6.07, 6.45) is 2.23. The van der Waals surface area contributed by atoms with Crippen molar-refractivity contribution in [3.8, 4) is 17.5 Å². The van der Waals surface area contributed by atoms with E-state index in [1.165, 1.54) is 30.5 Å². The minimum atomic E-state index is -3.32. The zero-order valence-electron chi connectivity index (χ0n) is 19.9. The van der Waals surface area contributed by atoms with E-state index in [9.17, 15) is 22.7 Å². The number of pyridine rings is 1. The van der Waals surface area contributed by atoms with E-state index >= 15 is 0 Å². The Morgan fingerprint density at radius 3 is 2.69 bits per heavy atom. The van der Waals surface area contributed by atoms with Crippen molar-refractivity contribution < 1.29 is 22.7 Å². The number of amides is 1. The van der Waals surface area contributed by atoms with Gasteiger partial charge in [0.25, 0.3) is 5.91 Å². The van der Waals surface area contributed by atoms with Gasteiger partial charge in [0.05, 0.1) is 64.4 Å². The fraction of sp³-hybridized carbons (Fsp3) is 0.391. The highest BCUT2D eigenvalue weighted by molar-refractivity contribution is 7.88. The Balaban J connectivity index is 1.64. The molecular weight excluding hydrogens is 489 g/mol. The van der Waals surface area contributed by atoms with Crippen LogP contribution in [0, 0.1) is 11.3 Å². The molecule has 0 spiro atoms.